The fraction of sp³-hybridized carbons (Fsp3) is 0.333. The van der Waals surface area contributed by atoms with Gasteiger partial charge in [-0.1, -0.05) is 54.1 Å². The number of nitrogens with one attached hydrogen (secondary N) is 1. The van der Waals surface area contributed by atoms with Gasteiger partial charge in [0.1, 0.15) is 11.4 Å². The van der Waals surface area contributed by atoms with Crippen LogP contribution in [0.4, 0.5) is 4.39 Å². The van der Waals surface area contributed by atoms with Crippen molar-refractivity contribution in [3.63, 3.8) is 0 Å². The second-order valence-electron chi connectivity index (χ2n) is 8.42. The van der Waals surface area contributed by atoms with Gasteiger partial charge in [-0.25, -0.2) is 4.39 Å². The summed E-state index contributed by atoms with van der Waals surface area (Å²) in [5.41, 5.74) is 2.31. The van der Waals surface area contributed by atoms with E-state index in [1.807, 2.05) is 43.3 Å². The Morgan fingerprint density at radius 1 is 1.17 bits per heavy atom. The highest BCUT2D eigenvalue weighted by molar-refractivity contribution is 5.93. The zero-order valence-corrected chi connectivity index (χ0v) is 16.7. The Bertz CT molecular complexity index is 1020. The molecule has 3 aliphatic rings. The van der Waals surface area contributed by atoms with E-state index in [0.29, 0.717) is 13.1 Å². The Kier molecular flexibility index (Phi) is 4.47. The fourth-order valence-corrected chi connectivity index (χ4v) is 4.83. The minimum Gasteiger partial charge on any atom is -0.360 e. The normalized spacial score (nSPS) is 28.8. The molecular formula is C24H23FN2O3. The second kappa shape index (κ2) is 7.06. The van der Waals surface area contributed by atoms with Crippen molar-refractivity contribution >= 4 is 11.8 Å². The summed E-state index contributed by atoms with van der Waals surface area (Å²) in [5.74, 6) is -1.61. The van der Waals surface area contributed by atoms with Gasteiger partial charge in [0, 0.05) is 13.1 Å². The quantitative estimate of drug-likeness (QED) is 0.777. The minimum atomic E-state index is -0.718. The average molecular weight is 406 g/mol. The lowest BCUT2D eigenvalue weighted by molar-refractivity contribution is -0.137. The molecule has 0 unspecified atom stereocenters. The third-order valence-corrected chi connectivity index (χ3v) is 6.36. The van der Waals surface area contributed by atoms with Gasteiger partial charge in [-0.2, -0.15) is 0 Å². The Balaban J connectivity index is 1.31. The second-order valence-corrected chi connectivity index (χ2v) is 8.42. The van der Waals surface area contributed by atoms with E-state index in [1.165, 1.54) is 17.7 Å². The van der Waals surface area contributed by atoms with Crippen LogP contribution >= 0.6 is 0 Å². The van der Waals surface area contributed by atoms with Crippen molar-refractivity contribution in [2.75, 3.05) is 6.54 Å². The molecule has 1 spiro atoms. The van der Waals surface area contributed by atoms with Crippen molar-refractivity contribution < 1.29 is 18.7 Å². The van der Waals surface area contributed by atoms with Gasteiger partial charge >= 0.3 is 0 Å². The summed E-state index contributed by atoms with van der Waals surface area (Å²) in [5, 5.41) is 2.90. The first-order valence-corrected chi connectivity index (χ1v) is 10.2. The molecule has 2 amide bonds. The van der Waals surface area contributed by atoms with Crippen molar-refractivity contribution in [1.29, 1.82) is 0 Å². The molecule has 5 nitrogen and oxygen atoms in total. The Morgan fingerprint density at radius 2 is 1.87 bits per heavy atom. The number of fused-ring (bicyclic) bond motifs is 1. The molecule has 2 fully saturated rings. The van der Waals surface area contributed by atoms with Crippen LogP contribution in [0, 0.1) is 24.6 Å². The number of carbonyl (C=O) groups is 2. The van der Waals surface area contributed by atoms with Gasteiger partial charge in [0.15, 0.2) is 0 Å². The summed E-state index contributed by atoms with van der Waals surface area (Å²) in [6.45, 7) is 3.27. The van der Waals surface area contributed by atoms with E-state index in [-0.39, 0.29) is 30.3 Å². The third kappa shape index (κ3) is 3.12. The predicted octanol–water partition coefficient (Wildman–Crippen LogP) is 2.73. The van der Waals surface area contributed by atoms with E-state index < -0.39 is 17.4 Å². The Hall–Kier alpha value is -2.99. The van der Waals surface area contributed by atoms with Crippen molar-refractivity contribution in [2.24, 2.45) is 11.8 Å². The van der Waals surface area contributed by atoms with Crippen LogP contribution in [0.1, 0.15) is 16.7 Å². The van der Waals surface area contributed by atoms with E-state index in [2.05, 4.69) is 5.32 Å². The fourth-order valence-electron chi connectivity index (χ4n) is 4.83. The monoisotopic (exact) mass is 406 g/mol. The number of aryl methyl sites for hydroxylation is 1. The van der Waals surface area contributed by atoms with Crippen molar-refractivity contribution in [3.8, 4) is 0 Å². The number of rotatable bonds is 5. The van der Waals surface area contributed by atoms with E-state index in [4.69, 9.17) is 4.74 Å². The number of benzene rings is 2. The summed E-state index contributed by atoms with van der Waals surface area (Å²) in [6, 6.07) is 14.1. The van der Waals surface area contributed by atoms with Gasteiger partial charge < -0.3 is 15.0 Å². The number of nitrogens with zero attached hydrogens (tertiary/aromatic N) is 1. The van der Waals surface area contributed by atoms with Gasteiger partial charge in [-0.05, 0) is 30.2 Å². The van der Waals surface area contributed by atoms with Gasteiger partial charge in [0.2, 0.25) is 11.8 Å². The number of hydrogen-bond donors (Lipinski definition) is 1. The van der Waals surface area contributed by atoms with Crippen LogP contribution in [0.25, 0.3) is 0 Å². The van der Waals surface area contributed by atoms with Gasteiger partial charge in [0.05, 0.1) is 24.5 Å². The summed E-state index contributed by atoms with van der Waals surface area (Å²) < 4.78 is 19.2. The predicted molar refractivity (Wildman–Crippen MR) is 109 cm³/mol. The molecule has 1 N–H and O–H groups in total. The number of amides is 2. The number of carbonyl (C=O) groups excluding carboxylic acids is 2. The molecule has 3 heterocycles. The maximum Gasteiger partial charge on any atom is 0.230 e. The van der Waals surface area contributed by atoms with Crippen LogP contribution in [-0.4, -0.2) is 35.0 Å². The first-order valence-electron chi connectivity index (χ1n) is 10.2. The number of halogens is 1. The summed E-state index contributed by atoms with van der Waals surface area (Å²) >= 11 is 0. The first kappa shape index (κ1) is 19.0. The number of hydrogen-bond acceptors (Lipinski definition) is 3. The molecule has 2 aromatic rings. The smallest absolute Gasteiger partial charge is 0.230 e. The SMILES string of the molecule is Cc1ccc(CN2C[C@@]34C=C[C@H](O3)[C@H](C(=O)NCc3ccc(F)cc3)[C@H]4C2=O)cc1. The van der Waals surface area contributed by atoms with E-state index in [0.717, 1.165) is 11.1 Å². The molecule has 0 radical (unpaired) electrons. The number of likely N-dealkylation sites (tertiary alicyclic amines) is 1. The standard InChI is InChI=1S/C24H23FN2O3/c1-15-2-4-17(5-3-15)13-27-14-24-11-10-19(30-24)20(21(24)23(27)29)22(28)26-12-16-6-8-18(25)9-7-16/h2-11,19-21H,12-14H2,1H3,(H,26,28)/t19-,20-,21-,24+/m0/s1. The van der Waals surface area contributed by atoms with Crippen LogP contribution in [0.15, 0.2) is 60.7 Å². The molecule has 154 valence electrons. The van der Waals surface area contributed by atoms with Gasteiger partial charge in [0.25, 0.3) is 0 Å². The molecule has 0 aliphatic carbocycles. The maximum absolute atomic E-state index is 13.3. The molecule has 30 heavy (non-hydrogen) atoms. The Labute approximate surface area is 174 Å². The van der Waals surface area contributed by atoms with Crippen LogP contribution in [0.3, 0.4) is 0 Å². The number of ether oxygens (including phenoxy) is 1. The van der Waals surface area contributed by atoms with Gasteiger partial charge in [-0.15, -0.1) is 0 Å². The lowest BCUT2D eigenvalue weighted by Gasteiger charge is -2.23. The van der Waals surface area contributed by atoms with Crippen LogP contribution in [0.2, 0.25) is 0 Å². The molecule has 0 aromatic heterocycles. The van der Waals surface area contributed by atoms with Crippen molar-refractivity contribution in [2.45, 2.75) is 31.7 Å². The molecule has 2 aromatic carbocycles. The van der Waals surface area contributed by atoms with Crippen LogP contribution in [-0.2, 0) is 27.4 Å². The molecular weight excluding hydrogens is 383 g/mol. The Morgan fingerprint density at radius 3 is 2.60 bits per heavy atom. The molecule has 4 atom stereocenters. The topological polar surface area (TPSA) is 58.6 Å². The van der Waals surface area contributed by atoms with Gasteiger partial charge in [-0.3, -0.25) is 9.59 Å². The van der Waals surface area contributed by atoms with Crippen LogP contribution in [0.5, 0.6) is 0 Å². The molecule has 2 saturated heterocycles. The summed E-state index contributed by atoms with van der Waals surface area (Å²) in [6.07, 6.45) is 3.48. The summed E-state index contributed by atoms with van der Waals surface area (Å²) in [4.78, 5) is 28.0. The molecule has 5 rings (SSSR count). The molecule has 0 saturated carbocycles. The third-order valence-electron chi connectivity index (χ3n) is 6.36. The van der Waals surface area contributed by atoms with Crippen molar-refractivity contribution in [3.05, 3.63) is 83.2 Å². The highest BCUT2D eigenvalue weighted by Gasteiger charge is 2.66. The van der Waals surface area contributed by atoms with Crippen molar-refractivity contribution in [1.82, 2.24) is 10.2 Å². The zero-order chi connectivity index (χ0) is 20.9. The average Bonchev–Trinajstić information content (AvgIpc) is 3.37. The maximum atomic E-state index is 13.3. The summed E-state index contributed by atoms with van der Waals surface area (Å²) in [7, 11) is 0. The molecule has 6 heteroatoms. The zero-order valence-electron chi connectivity index (χ0n) is 16.7. The minimum absolute atomic E-state index is 0.0376. The van der Waals surface area contributed by atoms with E-state index in [9.17, 15) is 14.0 Å². The van der Waals surface area contributed by atoms with E-state index >= 15 is 0 Å². The lowest BCUT2D eigenvalue weighted by atomic mass is 9.77. The first-order chi connectivity index (χ1) is 14.4. The highest BCUT2D eigenvalue weighted by Crippen LogP contribution is 2.52. The van der Waals surface area contributed by atoms with Crippen LogP contribution < -0.4 is 5.32 Å². The lowest BCUT2D eigenvalue weighted by Crippen LogP contribution is -2.43. The highest BCUT2D eigenvalue weighted by atomic mass is 19.1. The molecule has 3 aliphatic heterocycles. The van der Waals surface area contributed by atoms with E-state index in [1.54, 1.807) is 17.0 Å². The molecule has 2 bridgehead atoms. The largest absolute Gasteiger partial charge is 0.360 e.